The summed E-state index contributed by atoms with van der Waals surface area (Å²) in [4.78, 5) is 0. The Morgan fingerprint density at radius 2 is 1.55 bits per heavy atom. The first kappa shape index (κ1) is 12.4. The van der Waals surface area contributed by atoms with Crippen molar-refractivity contribution in [3.05, 3.63) is 47.5 Å². The molecule has 0 bridgehead atoms. The van der Waals surface area contributed by atoms with Crippen molar-refractivity contribution in [1.29, 1.82) is 5.41 Å². The first-order valence-corrected chi connectivity index (χ1v) is 6.70. The number of hydrogen-bond acceptors (Lipinski definition) is 4. The number of rotatable bonds is 2. The number of thiophene rings is 1. The van der Waals surface area contributed by atoms with Gasteiger partial charge in [-0.25, -0.2) is 0 Å². The van der Waals surface area contributed by atoms with Gasteiger partial charge in [0.2, 0.25) is 0 Å². The molecule has 3 aromatic rings. The van der Waals surface area contributed by atoms with Gasteiger partial charge in [0.15, 0.2) is 5.84 Å². The fraction of sp³-hybridized carbons (Fsp3) is 0. The molecule has 0 radical (unpaired) electrons. The molecule has 3 rings (SSSR count). The molecular formula is C14H12N4OS. The van der Waals surface area contributed by atoms with Gasteiger partial charge in [0.1, 0.15) is 5.84 Å². The van der Waals surface area contributed by atoms with Crippen LogP contribution in [0.2, 0.25) is 0 Å². The number of nitrogens with zero attached hydrogens (tertiary/aromatic N) is 1. The molecule has 5 nitrogen and oxygen atoms in total. The lowest BCUT2D eigenvalue weighted by Crippen LogP contribution is -2.12. The fourth-order valence-corrected chi connectivity index (χ4v) is 3.23. The molecule has 0 fully saturated rings. The van der Waals surface area contributed by atoms with Gasteiger partial charge in [-0.1, -0.05) is 5.16 Å². The van der Waals surface area contributed by atoms with Crippen molar-refractivity contribution in [2.24, 2.45) is 16.6 Å². The zero-order valence-corrected chi connectivity index (χ0v) is 11.2. The second-order valence-corrected chi connectivity index (χ2v) is 5.51. The molecule has 6 N–H and O–H groups in total. The lowest BCUT2D eigenvalue weighted by atomic mass is 10.1. The Hall–Kier alpha value is -2.60. The number of benzene rings is 2. The number of fused-ring (bicyclic) bond motifs is 3. The van der Waals surface area contributed by atoms with E-state index in [0.717, 1.165) is 20.2 Å². The van der Waals surface area contributed by atoms with Crippen molar-refractivity contribution >= 4 is 43.2 Å². The molecule has 1 heterocycles. The Kier molecular flexibility index (Phi) is 2.80. The summed E-state index contributed by atoms with van der Waals surface area (Å²) < 4.78 is 2.22. The molecule has 0 spiro atoms. The maximum Gasteiger partial charge on any atom is 0.170 e. The quantitative estimate of drug-likeness (QED) is 0.251. The zero-order valence-electron chi connectivity index (χ0n) is 10.4. The molecule has 6 heteroatoms. The van der Waals surface area contributed by atoms with Crippen LogP contribution < -0.4 is 11.5 Å². The van der Waals surface area contributed by atoms with E-state index in [1.54, 1.807) is 11.3 Å². The highest BCUT2D eigenvalue weighted by Gasteiger charge is 2.09. The predicted octanol–water partition coefficient (Wildman–Crippen LogP) is 2.43. The Morgan fingerprint density at radius 3 is 2.10 bits per heavy atom. The summed E-state index contributed by atoms with van der Waals surface area (Å²) in [5.74, 6) is 0.118. The molecule has 1 aromatic heterocycles. The average Bonchev–Trinajstić information content (AvgIpc) is 2.83. The molecule has 2 aromatic carbocycles. The zero-order chi connectivity index (χ0) is 14.3. The highest BCUT2D eigenvalue weighted by Crippen LogP contribution is 2.34. The van der Waals surface area contributed by atoms with Crippen LogP contribution in [-0.4, -0.2) is 16.9 Å². The second-order valence-electron chi connectivity index (χ2n) is 4.42. The van der Waals surface area contributed by atoms with Gasteiger partial charge in [-0.3, -0.25) is 5.41 Å². The largest absolute Gasteiger partial charge is 0.409 e. The first-order valence-electron chi connectivity index (χ1n) is 5.89. The maximum atomic E-state index is 8.76. The molecule has 0 aliphatic rings. The van der Waals surface area contributed by atoms with Crippen LogP contribution in [0.3, 0.4) is 0 Å². The summed E-state index contributed by atoms with van der Waals surface area (Å²) >= 11 is 1.66. The third kappa shape index (κ3) is 1.86. The average molecular weight is 284 g/mol. The second kappa shape index (κ2) is 4.50. The summed E-state index contributed by atoms with van der Waals surface area (Å²) in [5, 5.41) is 21.3. The maximum absolute atomic E-state index is 8.76. The highest BCUT2D eigenvalue weighted by atomic mass is 32.1. The van der Waals surface area contributed by atoms with Crippen molar-refractivity contribution in [2.75, 3.05) is 0 Å². The van der Waals surface area contributed by atoms with Gasteiger partial charge in [0, 0.05) is 31.3 Å². The summed E-state index contributed by atoms with van der Waals surface area (Å²) in [5.41, 5.74) is 12.5. The third-order valence-corrected chi connectivity index (χ3v) is 4.34. The number of nitrogen functional groups attached to an aromatic ring is 1. The van der Waals surface area contributed by atoms with Crippen LogP contribution in [0.5, 0.6) is 0 Å². The SMILES string of the molecule is N=C(N)c1ccc2sc3ccc(/C(N)=N/O)cc3c2c1. The minimum atomic E-state index is 0.0406. The molecule has 0 unspecified atom stereocenters. The van der Waals surface area contributed by atoms with E-state index in [0.29, 0.717) is 11.1 Å². The molecule has 0 saturated heterocycles. The minimum absolute atomic E-state index is 0.0406. The highest BCUT2D eigenvalue weighted by molar-refractivity contribution is 7.25. The van der Waals surface area contributed by atoms with E-state index in [-0.39, 0.29) is 11.7 Å². The normalized spacial score (nSPS) is 12.1. The standard InChI is InChI=1S/C14H12N4OS/c15-13(16)7-1-3-11-9(5-7)10-6-8(14(17)18-19)2-4-12(10)20-11/h1-6,19H,(H3,15,16)(H2,17,18). The number of hydrogen-bond donors (Lipinski definition) is 4. The van der Waals surface area contributed by atoms with Crippen LogP contribution in [0, 0.1) is 5.41 Å². The van der Waals surface area contributed by atoms with Crippen LogP contribution in [-0.2, 0) is 0 Å². The molecule has 20 heavy (non-hydrogen) atoms. The summed E-state index contributed by atoms with van der Waals surface area (Å²) in [6.07, 6.45) is 0. The van der Waals surface area contributed by atoms with Gasteiger partial charge in [-0.2, -0.15) is 0 Å². The molecule has 0 aliphatic carbocycles. The van der Waals surface area contributed by atoms with Crippen LogP contribution in [0.1, 0.15) is 11.1 Å². The Labute approximate surface area is 118 Å². The van der Waals surface area contributed by atoms with E-state index in [9.17, 15) is 0 Å². The van der Waals surface area contributed by atoms with Gasteiger partial charge in [-0.05, 0) is 36.4 Å². The van der Waals surface area contributed by atoms with Gasteiger partial charge >= 0.3 is 0 Å². The molecule has 0 saturated carbocycles. The lowest BCUT2D eigenvalue weighted by Gasteiger charge is -2.00. The van der Waals surface area contributed by atoms with Crippen molar-refractivity contribution in [2.45, 2.75) is 0 Å². The third-order valence-electron chi connectivity index (χ3n) is 3.18. The van der Waals surface area contributed by atoms with Crippen LogP contribution in [0.4, 0.5) is 0 Å². The van der Waals surface area contributed by atoms with Crippen molar-refractivity contribution in [3.63, 3.8) is 0 Å². The topological polar surface area (TPSA) is 108 Å². The van der Waals surface area contributed by atoms with E-state index >= 15 is 0 Å². The van der Waals surface area contributed by atoms with E-state index in [2.05, 4.69) is 5.16 Å². The van der Waals surface area contributed by atoms with Gasteiger partial charge in [-0.15, -0.1) is 11.3 Å². The molecule has 0 aliphatic heterocycles. The Morgan fingerprint density at radius 1 is 1.00 bits per heavy atom. The minimum Gasteiger partial charge on any atom is -0.409 e. The number of oxime groups is 1. The number of amidine groups is 2. The predicted molar refractivity (Wildman–Crippen MR) is 82.9 cm³/mol. The molecular weight excluding hydrogens is 272 g/mol. The smallest absolute Gasteiger partial charge is 0.170 e. The van der Waals surface area contributed by atoms with E-state index in [1.165, 1.54) is 0 Å². The summed E-state index contributed by atoms with van der Waals surface area (Å²) in [6, 6.07) is 11.3. The van der Waals surface area contributed by atoms with Crippen molar-refractivity contribution in [3.8, 4) is 0 Å². The number of nitrogens with two attached hydrogens (primary N) is 2. The number of nitrogens with one attached hydrogen (secondary N) is 1. The van der Waals surface area contributed by atoms with Crippen molar-refractivity contribution in [1.82, 2.24) is 0 Å². The summed E-state index contributed by atoms with van der Waals surface area (Å²) in [7, 11) is 0. The summed E-state index contributed by atoms with van der Waals surface area (Å²) in [6.45, 7) is 0. The van der Waals surface area contributed by atoms with Gasteiger partial charge < -0.3 is 16.7 Å². The Balaban J connectivity index is 2.33. The fourth-order valence-electron chi connectivity index (χ4n) is 2.16. The van der Waals surface area contributed by atoms with Crippen LogP contribution in [0.15, 0.2) is 41.6 Å². The lowest BCUT2D eigenvalue weighted by molar-refractivity contribution is 0.318. The van der Waals surface area contributed by atoms with E-state index < -0.39 is 0 Å². The van der Waals surface area contributed by atoms with Gasteiger partial charge in [0.05, 0.1) is 0 Å². The van der Waals surface area contributed by atoms with Crippen LogP contribution in [0.25, 0.3) is 20.2 Å². The molecule has 0 atom stereocenters. The van der Waals surface area contributed by atoms with Gasteiger partial charge in [0.25, 0.3) is 0 Å². The first-order chi connectivity index (χ1) is 9.60. The molecule has 0 amide bonds. The van der Waals surface area contributed by atoms with E-state index in [1.807, 2.05) is 36.4 Å². The van der Waals surface area contributed by atoms with Crippen molar-refractivity contribution < 1.29 is 5.21 Å². The Bertz CT molecular complexity index is 866. The van der Waals surface area contributed by atoms with Crippen LogP contribution >= 0.6 is 11.3 Å². The van der Waals surface area contributed by atoms with E-state index in [4.69, 9.17) is 22.1 Å². The molecule has 100 valence electrons. The monoisotopic (exact) mass is 284 g/mol.